The van der Waals surface area contributed by atoms with Crippen LogP contribution in [0.3, 0.4) is 0 Å². The number of rotatable bonds is 6. The standard InChI is InChI=1S/C15H19N3O2S/c1-9(2)12-6-11(15(19)20)7-13(18-12)17-8-10(3)14-16-4-5-21-14/h4-7,9-10H,8H2,1-3H3,(H,17,18)(H,19,20). The van der Waals surface area contributed by atoms with Gasteiger partial charge in [0.15, 0.2) is 0 Å². The zero-order valence-electron chi connectivity index (χ0n) is 12.3. The molecule has 21 heavy (non-hydrogen) atoms. The van der Waals surface area contributed by atoms with E-state index in [0.717, 1.165) is 10.7 Å². The van der Waals surface area contributed by atoms with Crippen molar-refractivity contribution in [3.8, 4) is 0 Å². The van der Waals surface area contributed by atoms with E-state index in [-0.39, 0.29) is 17.4 Å². The first kappa shape index (κ1) is 15.4. The molecular formula is C15H19N3O2S. The summed E-state index contributed by atoms with van der Waals surface area (Å²) in [6, 6.07) is 3.20. The monoisotopic (exact) mass is 305 g/mol. The van der Waals surface area contributed by atoms with Crippen LogP contribution in [0.25, 0.3) is 0 Å². The maximum absolute atomic E-state index is 11.2. The highest BCUT2D eigenvalue weighted by molar-refractivity contribution is 7.09. The van der Waals surface area contributed by atoms with Gasteiger partial charge in [0.1, 0.15) is 5.82 Å². The van der Waals surface area contributed by atoms with E-state index in [9.17, 15) is 9.90 Å². The number of carboxylic acid groups (broad SMARTS) is 1. The summed E-state index contributed by atoms with van der Waals surface area (Å²) in [4.78, 5) is 20.0. The van der Waals surface area contributed by atoms with Gasteiger partial charge < -0.3 is 10.4 Å². The first-order valence-corrected chi connectivity index (χ1v) is 7.74. The Bertz CT molecular complexity index is 611. The number of nitrogens with zero attached hydrogens (tertiary/aromatic N) is 2. The van der Waals surface area contributed by atoms with Crippen molar-refractivity contribution < 1.29 is 9.90 Å². The van der Waals surface area contributed by atoms with E-state index in [4.69, 9.17) is 0 Å². The number of nitrogens with one attached hydrogen (secondary N) is 1. The fourth-order valence-electron chi connectivity index (χ4n) is 1.88. The lowest BCUT2D eigenvalue weighted by atomic mass is 10.1. The minimum atomic E-state index is -0.935. The molecular weight excluding hydrogens is 286 g/mol. The number of carboxylic acids is 1. The summed E-state index contributed by atoms with van der Waals surface area (Å²) in [5.41, 5.74) is 1.04. The van der Waals surface area contributed by atoms with E-state index in [1.54, 1.807) is 29.7 Å². The molecule has 2 N–H and O–H groups in total. The molecule has 2 aromatic rings. The van der Waals surface area contributed by atoms with Gasteiger partial charge >= 0.3 is 5.97 Å². The number of anilines is 1. The lowest BCUT2D eigenvalue weighted by molar-refractivity contribution is 0.0696. The predicted octanol–water partition coefficient (Wildman–Crippen LogP) is 3.58. The summed E-state index contributed by atoms with van der Waals surface area (Å²) >= 11 is 1.62. The zero-order chi connectivity index (χ0) is 15.4. The molecule has 5 nitrogen and oxygen atoms in total. The topological polar surface area (TPSA) is 75.1 Å². The summed E-state index contributed by atoms with van der Waals surface area (Å²) in [5, 5.41) is 15.4. The van der Waals surface area contributed by atoms with E-state index in [2.05, 4.69) is 22.2 Å². The minimum absolute atomic E-state index is 0.182. The van der Waals surface area contributed by atoms with Crippen LogP contribution in [0.4, 0.5) is 5.82 Å². The number of thiazole rings is 1. The Morgan fingerprint density at radius 3 is 2.71 bits per heavy atom. The lowest BCUT2D eigenvalue weighted by Crippen LogP contribution is -2.12. The van der Waals surface area contributed by atoms with Crippen LogP contribution in [0.5, 0.6) is 0 Å². The number of pyridine rings is 1. The van der Waals surface area contributed by atoms with Gasteiger partial charge in [0.2, 0.25) is 0 Å². The molecule has 6 heteroatoms. The van der Waals surface area contributed by atoms with Gasteiger partial charge in [-0.1, -0.05) is 20.8 Å². The highest BCUT2D eigenvalue weighted by Gasteiger charge is 2.12. The normalized spacial score (nSPS) is 12.4. The maximum Gasteiger partial charge on any atom is 0.335 e. The minimum Gasteiger partial charge on any atom is -0.478 e. The molecule has 2 aromatic heterocycles. The van der Waals surface area contributed by atoms with Crippen molar-refractivity contribution in [1.82, 2.24) is 9.97 Å². The fourth-order valence-corrected chi connectivity index (χ4v) is 2.58. The summed E-state index contributed by atoms with van der Waals surface area (Å²) in [6.45, 7) is 6.74. The molecule has 0 saturated carbocycles. The quantitative estimate of drug-likeness (QED) is 0.853. The largest absolute Gasteiger partial charge is 0.478 e. The highest BCUT2D eigenvalue weighted by atomic mass is 32.1. The molecule has 1 unspecified atom stereocenters. The number of carbonyl (C=O) groups is 1. The van der Waals surface area contributed by atoms with Crippen LogP contribution in [0.2, 0.25) is 0 Å². The Balaban J connectivity index is 2.13. The second-order valence-corrected chi connectivity index (χ2v) is 6.20. The van der Waals surface area contributed by atoms with Crippen LogP contribution in [0.1, 0.15) is 53.7 Å². The van der Waals surface area contributed by atoms with Gasteiger partial charge in [-0.25, -0.2) is 14.8 Å². The van der Waals surface area contributed by atoms with Crippen LogP contribution in [0.15, 0.2) is 23.7 Å². The second kappa shape index (κ2) is 6.67. The van der Waals surface area contributed by atoms with Crippen LogP contribution in [-0.2, 0) is 0 Å². The summed E-state index contributed by atoms with van der Waals surface area (Å²) in [6.07, 6.45) is 1.79. The predicted molar refractivity (Wildman–Crippen MR) is 84.3 cm³/mol. The number of aromatic nitrogens is 2. The van der Waals surface area contributed by atoms with E-state index < -0.39 is 5.97 Å². The van der Waals surface area contributed by atoms with E-state index >= 15 is 0 Å². The third kappa shape index (κ3) is 4.01. The van der Waals surface area contributed by atoms with E-state index in [1.165, 1.54) is 0 Å². The number of hydrogen-bond acceptors (Lipinski definition) is 5. The van der Waals surface area contributed by atoms with Gasteiger partial charge in [-0.05, 0) is 18.1 Å². The van der Waals surface area contributed by atoms with Crippen molar-refractivity contribution in [3.63, 3.8) is 0 Å². The molecule has 0 aliphatic carbocycles. The Morgan fingerprint density at radius 1 is 1.38 bits per heavy atom. The lowest BCUT2D eigenvalue weighted by Gasteiger charge is -2.13. The molecule has 2 rings (SSSR count). The fraction of sp³-hybridized carbons (Fsp3) is 0.400. The SMILES string of the molecule is CC(C)c1cc(C(=O)O)cc(NCC(C)c2nccs2)n1. The molecule has 0 amide bonds. The average molecular weight is 305 g/mol. The van der Waals surface area contributed by atoms with Crippen LogP contribution in [-0.4, -0.2) is 27.6 Å². The molecule has 112 valence electrons. The summed E-state index contributed by atoms with van der Waals surface area (Å²) in [5.74, 6) is 0.0985. The van der Waals surface area contributed by atoms with Crippen molar-refractivity contribution in [1.29, 1.82) is 0 Å². The van der Waals surface area contributed by atoms with Crippen LogP contribution in [0, 0.1) is 0 Å². The molecule has 0 aliphatic heterocycles. The molecule has 2 heterocycles. The number of hydrogen-bond donors (Lipinski definition) is 2. The number of aromatic carboxylic acids is 1. The first-order chi connectivity index (χ1) is 9.97. The van der Waals surface area contributed by atoms with Gasteiger partial charge in [-0.15, -0.1) is 11.3 Å². The Hall–Kier alpha value is -1.95. The van der Waals surface area contributed by atoms with Crippen molar-refractivity contribution in [2.45, 2.75) is 32.6 Å². The zero-order valence-corrected chi connectivity index (χ0v) is 13.1. The third-order valence-corrected chi connectivity index (χ3v) is 4.15. The van der Waals surface area contributed by atoms with Crippen molar-refractivity contribution in [3.05, 3.63) is 40.0 Å². The summed E-state index contributed by atoms with van der Waals surface area (Å²) in [7, 11) is 0. The first-order valence-electron chi connectivity index (χ1n) is 6.86. The van der Waals surface area contributed by atoms with Gasteiger partial charge in [-0.2, -0.15) is 0 Å². The van der Waals surface area contributed by atoms with Crippen molar-refractivity contribution in [2.24, 2.45) is 0 Å². The highest BCUT2D eigenvalue weighted by Crippen LogP contribution is 2.20. The maximum atomic E-state index is 11.2. The molecule has 0 aromatic carbocycles. The van der Waals surface area contributed by atoms with Gasteiger partial charge in [0.25, 0.3) is 0 Å². The van der Waals surface area contributed by atoms with E-state index in [0.29, 0.717) is 12.4 Å². The van der Waals surface area contributed by atoms with Crippen LogP contribution >= 0.6 is 11.3 Å². The Labute approximate surface area is 128 Å². The van der Waals surface area contributed by atoms with Crippen molar-refractivity contribution in [2.75, 3.05) is 11.9 Å². The van der Waals surface area contributed by atoms with E-state index in [1.807, 2.05) is 19.2 Å². The molecule has 0 spiro atoms. The molecule has 0 aliphatic rings. The molecule has 1 atom stereocenters. The molecule has 0 bridgehead atoms. The average Bonchev–Trinajstić information content (AvgIpc) is 2.98. The van der Waals surface area contributed by atoms with Gasteiger partial charge in [-0.3, -0.25) is 0 Å². The smallest absolute Gasteiger partial charge is 0.335 e. The summed E-state index contributed by atoms with van der Waals surface area (Å²) < 4.78 is 0. The van der Waals surface area contributed by atoms with Crippen molar-refractivity contribution >= 4 is 23.1 Å². The third-order valence-electron chi connectivity index (χ3n) is 3.15. The second-order valence-electron chi connectivity index (χ2n) is 5.28. The van der Waals surface area contributed by atoms with Gasteiger partial charge in [0.05, 0.1) is 10.6 Å². The molecule has 0 fully saturated rings. The Morgan fingerprint density at radius 2 is 2.14 bits per heavy atom. The van der Waals surface area contributed by atoms with Crippen LogP contribution < -0.4 is 5.32 Å². The Kier molecular flexibility index (Phi) is 4.90. The van der Waals surface area contributed by atoms with Gasteiger partial charge in [0, 0.05) is 29.7 Å². The molecule has 0 radical (unpaired) electrons. The molecule has 0 saturated heterocycles.